The van der Waals surface area contributed by atoms with Crippen molar-refractivity contribution in [2.45, 2.75) is 49.6 Å². The maximum absolute atomic E-state index is 12.2. The van der Waals surface area contributed by atoms with Gasteiger partial charge in [0, 0.05) is 11.7 Å². The Morgan fingerprint density at radius 2 is 2.00 bits per heavy atom. The van der Waals surface area contributed by atoms with Crippen LogP contribution in [0, 0.1) is 6.92 Å². The summed E-state index contributed by atoms with van der Waals surface area (Å²) in [5.41, 5.74) is 6.98. The second-order valence-corrected chi connectivity index (χ2v) is 6.81. The van der Waals surface area contributed by atoms with Crippen molar-refractivity contribution < 1.29 is 13.5 Å². The van der Waals surface area contributed by atoms with Crippen molar-refractivity contribution in [1.29, 1.82) is 0 Å². The summed E-state index contributed by atoms with van der Waals surface area (Å²) < 4.78 is 27.1. The number of aliphatic hydroxyl groups is 1. The largest absolute Gasteiger partial charge is 0.399 e. The molecular formula is C13H20N2O3S. The highest BCUT2D eigenvalue weighted by Gasteiger charge is 2.28. The standard InChI is InChI=1S/C13H20N2O3S/c1-9-8-10(6-7-11(9)14)19(17,18)15-12-4-2-3-5-13(12)16/h6-8,12-13,15-16H,2-5,14H2,1H3/t12-,13-/m0/s1. The molecule has 1 saturated carbocycles. The lowest BCUT2D eigenvalue weighted by molar-refractivity contribution is 0.101. The second kappa shape index (κ2) is 5.48. The van der Waals surface area contributed by atoms with Gasteiger partial charge >= 0.3 is 0 Å². The van der Waals surface area contributed by atoms with Gasteiger partial charge in [-0.15, -0.1) is 0 Å². The van der Waals surface area contributed by atoms with Crippen LogP contribution in [0.15, 0.2) is 23.1 Å². The molecule has 1 fully saturated rings. The van der Waals surface area contributed by atoms with E-state index in [-0.39, 0.29) is 4.90 Å². The summed E-state index contributed by atoms with van der Waals surface area (Å²) in [7, 11) is -3.60. The Balaban J connectivity index is 2.19. The van der Waals surface area contributed by atoms with Gasteiger partial charge in [0.25, 0.3) is 0 Å². The Labute approximate surface area is 113 Å². The Kier molecular flexibility index (Phi) is 4.13. The number of hydrogen-bond acceptors (Lipinski definition) is 4. The maximum Gasteiger partial charge on any atom is 0.240 e. The Morgan fingerprint density at radius 1 is 1.32 bits per heavy atom. The normalized spacial score (nSPS) is 24.3. The molecule has 2 rings (SSSR count). The van der Waals surface area contributed by atoms with Crippen LogP contribution in [0.1, 0.15) is 31.2 Å². The van der Waals surface area contributed by atoms with Crippen LogP contribution in [-0.4, -0.2) is 25.7 Å². The van der Waals surface area contributed by atoms with Gasteiger partial charge < -0.3 is 10.8 Å². The first-order chi connectivity index (χ1) is 8.90. The summed E-state index contributed by atoms with van der Waals surface area (Å²) in [4.78, 5) is 0.192. The van der Waals surface area contributed by atoms with E-state index >= 15 is 0 Å². The lowest BCUT2D eigenvalue weighted by Crippen LogP contribution is -2.44. The van der Waals surface area contributed by atoms with Crippen molar-refractivity contribution in [3.05, 3.63) is 23.8 Å². The third-order valence-corrected chi connectivity index (χ3v) is 5.08. The van der Waals surface area contributed by atoms with Gasteiger partial charge in [-0.3, -0.25) is 0 Å². The van der Waals surface area contributed by atoms with Crippen molar-refractivity contribution in [3.8, 4) is 0 Å². The number of nitrogen functional groups attached to an aromatic ring is 1. The molecule has 0 radical (unpaired) electrons. The molecule has 0 unspecified atom stereocenters. The van der Waals surface area contributed by atoms with Crippen LogP contribution in [-0.2, 0) is 10.0 Å². The Morgan fingerprint density at radius 3 is 2.63 bits per heavy atom. The van der Waals surface area contributed by atoms with Crippen LogP contribution in [0.2, 0.25) is 0 Å². The van der Waals surface area contributed by atoms with E-state index in [0.717, 1.165) is 18.4 Å². The monoisotopic (exact) mass is 284 g/mol. The van der Waals surface area contributed by atoms with Crippen LogP contribution in [0.5, 0.6) is 0 Å². The van der Waals surface area contributed by atoms with E-state index < -0.39 is 22.2 Å². The van der Waals surface area contributed by atoms with Crippen molar-refractivity contribution in [1.82, 2.24) is 4.72 Å². The minimum atomic E-state index is -3.60. The molecule has 1 aromatic carbocycles. The van der Waals surface area contributed by atoms with Crippen molar-refractivity contribution in [2.24, 2.45) is 0 Å². The number of rotatable bonds is 3. The smallest absolute Gasteiger partial charge is 0.240 e. The fourth-order valence-corrected chi connectivity index (χ4v) is 3.72. The lowest BCUT2D eigenvalue weighted by atomic mass is 9.93. The van der Waals surface area contributed by atoms with Gasteiger partial charge in [0.1, 0.15) is 0 Å². The average molecular weight is 284 g/mol. The van der Waals surface area contributed by atoms with E-state index in [1.165, 1.54) is 6.07 Å². The van der Waals surface area contributed by atoms with Crippen molar-refractivity contribution in [2.75, 3.05) is 5.73 Å². The van der Waals surface area contributed by atoms with E-state index in [2.05, 4.69) is 4.72 Å². The molecule has 6 heteroatoms. The van der Waals surface area contributed by atoms with Gasteiger partial charge in [-0.2, -0.15) is 0 Å². The molecule has 1 aliphatic rings. The van der Waals surface area contributed by atoms with E-state index in [9.17, 15) is 13.5 Å². The van der Waals surface area contributed by atoms with Gasteiger partial charge in [-0.05, 0) is 43.5 Å². The summed E-state index contributed by atoms with van der Waals surface area (Å²) in [5.74, 6) is 0. The van der Waals surface area contributed by atoms with Crippen LogP contribution >= 0.6 is 0 Å². The molecule has 0 spiro atoms. The van der Waals surface area contributed by atoms with Gasteiger partial charge in [0.15, 0.2) is 0 Å². The van der Waals surface area contributed by atoms with Gasteiger partial charge in [0.2, 0.25) is 10.0 Å². The average Bonchev–Trinajstić information content (AvgIpc) is 2.35. The quantitative estimate of drug-likeness (QED) is 0.726. The van der Waals surface area contributed by atoms with Crippen LogP contribution in [0.3, 0.4) is 0 Å². The molecule has 2 atom stereocenters. The topological polar surface area (TPSA) is 92.4 Å². The molecular weight excluding hydrogens is 264 g/mol. The number of hydrogen-bond donors (Lipinski definition) is 3. The first-order valence-corrected chi connectivity index (χ1v) is 7.95. The number of sulfonamides is 1. The summed E-state index contributed by atoms with van der Waals surface area (Å²) >= 11 is 0. The number of anilines is 1. The van der Waals surface area contributed by atoms with E-state index in [4.69, 9.17) is 5.73 Å². The van der Waals surface area contributed by atoms with E-state index in [1.54, 1.807) is 19.1 Å². The SMILES string of the molecule is Cc1cc(S(=O)(=O)N[C@H]2CCCC[C@@H]2O)ccc1N. The van der Waals surface area contributed by atoms with Crippen molar-refractivity contribution in [3.63, 3.8) is 0 Å². The molecule has 0 amide bonds. The molecule has 0 aromatic heterocycles. The molecule has 0 saturated heterocycles. The van der Waals surface area contributed by atoms with Crippen LogP contribution in [0.25, 0.3) is 0 Å². The van der Waals surface area contributed by atoms with Gasteiger partial charge in [-0.1, -0.05) is 12.8 Å². The summed E-state index contributed by atoms with van der Waals surface area (Å²) in [6, 6.07) is 4.23. The first kappa shape index (κ1) is 14.3. The second-order valence-electron chi connectivity index (χ2n) is 5.10. The summed E-state index contributed by atoms with van der Waals surface area (Å²) in [6.07, 6.45) is 2.60. The predicted molar refractivity (Wildman–Crippen MR) is 74.2 cm³/mol. The third kappa shape index (κ3) is 3.26. The molecule has 0 bridgehead atoms. The zero-order valence-corrected chi connectivity index (χ0v) is 11.8. The van der Waals surface area contributed by atoms with Gasteiger partial charge in [0.05, 0.1) is 11.0 Å². The number of nitrogens with two attached hydrogens (primary N) is 1. The maximum atomic E-state index is 12.2. The highest BCUT2D eigenvalue weighted by molar-refractivity contribution is 7.89. The van der Waals surface area contributed by atoms with Crippen LogP contribution in [0.4, 0.5) is 5.69 Å². The fourth-order valence-electron chi connectivity index (χ4n) is 2.33. The highest BCUT2D eigenvalue weighted by atomic mass is 32.2. The molecule has 0 aliphatic heterocycles. The van der Waals surface area contributed by atoms with E-state index in [1.807, 2.05) is 0 Å². The molecule has 19 heavy (non-hydrogen) atoms. The number of nitrogens with one attached hydrogen (secondary N) is 1. The molecule has 1 aliphatic carbocycles. The molecule has 5 nitrogen and oxygen atoms in total. The van der Waals surface area contributed by atoms with Crippen LogP contribution < -0.4 is 10.5 Å². The summed E-state index contributed by atoms with van der Waals surface area (Å²) in [5, 5.41) is 9.83. The summed E-state index contributed by atoms with van der Waals surface area (Å²) in [6.45, 7) is 1.77. The molecule has 4 N–H and O–H groups in total. The minimum absolute atomic E-state index is 0.192. The molecule has 0 heterocycles. The highest BCUT2D eigenvalue weighted by Crippen LogP contribution is 2.22. The Hall–Kier alpha value is -1.11. The van der Waals surface area contributed by atoms with E-state index in [0.29, 0.717) is 18.5 Å². The molecule has 106 valence electrons. The third-order valence-electron chi connectivity index (χ3n) is 3.59. The first-order valence-electron chi connectivity index (χ1n) is 6.46. The van der Waals surface area contributed by atoms with Gasteiger partial charge in [-0.25, -0.2) is 13.1 Å². The minimum Gasteiger partial charge on any atom is -0.399 e. The van der Waals surface area contributed by atoms with Crippen molar-refractivity contribution >= 4 is 15.7 Å². The molecule has 1 aromatic rings. The lowest BCUT2D eigenvalue weighted by Gasteiger charge is -2.28. The number of benzene rings is 1. The zero-order valence-electron chi connectivity index (χ0n) is 11.0. The zero-order chi connectivity index (χ0) is 14.0. The number of aryl methyl sites for hydroxylation is 1. The Bertz CT molecular complexity index is 557. The predicted octanol–water partition coefficient (Wildman–Crippen LogP) is 1.16. The fraction of sp³-hybridized carbons (Fsp3) is 0.538. The number of aliphatic hydroxyl groups excluding tert-OH is 1.